The van der Waals surface area contributed by atoms with Gasteiger partial charge in [-0.3, -0.25) is 0 Å². The highest BCUT2D eigenvalue weighted by Crippen LogP contribution is 2.28. The molecule has 148 valence electrons. The van der Waals surface area contributed by atoms with Crippen LogP contribution in [0.4, 0.5) is 0 Å². The van der Waals surface area contributed by atoms with Crippen LogP contribution in [0.5, 0.6) is 11.5 Å². The van der Waals surface area contributed by atoms with Gasteiger partial charge in [0.15, 0.2) is 5.82 Å². The van der Waals surface area contributed by atoms with Crippen molar-refractivity contribution in [3.63, 3.8) is 0 Å². The number of rotatable bonds is 5. The molecule has 6 heteroatoms. The van der Waals surface area contributed by atoms with Crippen molar-refractivity contribution in [1.29, 1.82) is 0 Å². The van der Waals surface area contributed by atoms with Gasteiger partial charge in [0.2, 0.25) is 0 Å². The third-order valence-corrected chi connectivity index (χ3v) is 4.54. The Morgan fingerprint density at radius 1 is 0.767 bits per heavy atom. The summed E-state index contributed by atoms with van der Waals surface area (Å²) in [6.45, 7) is 0. The van der Waals surface area contributed by atoms with Crippen molar-refractivity contribution in [3.05, 3.63) is 96.3 Å². The summed E-state index contributed by atoms with van der Waals surface area (Å²) in [5.41, 5.74) is 6.89. The number of hydrogen-bond acceptors (Lipinski definition) is 6. The Morgan fingerprint density at radius 3 is 1.83 bits per heavy atom. The minimum atomic E-state index is -0.112. The number of aromatic hydroxyl groups is 2. The maximum Gasteiger partial charge on any atom is 0.181 e. The Morgan fingerprint density at radius 2 is 1.33 bits per heavy atom. The summed E-state index contributed by atoms with van der Waals surface area (Å²) in [7, 11) is 1.66. The van der Waals surface area contributed by atoms with Gasteiger partial charge >= 0.3 is 0 Å². The standard InChI is InChI=1S/C24H20N4O2/c1-25-28-23(19-13-12-18(29)14-22(19)30)24-26-20(16-8-4-2-5-9-16)15-21(27-24)17-10-6-3-7-11-17/h2-15,25,29-30H,1H3/b28-23+. The van der Waals surface area contributed by atoms with Gasteiger partial charge in [-0.05, 0) is 18.2 Å². The molecule has 1 heterocycles. The minimum Gasteiger partial charge on any atom is -0.508 e. The van der Waals surface area contributed by atoms with Gasteiger partial charge in [-0.1, -0.05) is 60.7 Å². The quantitative estimate of drug-likeness (QED) is 0.348. The van der Waals surface area contributed by atoms with E-state index in [1.54, 1.807) is 13.1 Å². The molecule has 0 radical (unpaired) electrons. The third-order valence-electron chi connectivity index (χ3n) is 4.54. The van der Waals surface area contributed by atoms with Crippen molar-refractivity contribution >= 4 is 5.71 Å². The molecule has 6 nitrogen and oxygen atoms in total. The number of hydrogen-bond donors (Lipinski definition) is 3. The van der Waals surface area contributed by atoms with Crippen molar-refractivity contribution in [2.75, 3.05) is 7.05 Å². The highest BCUT2D eigenvalue weighted by Gasteiger charge is 2.18. The molecule has 0 fully saturated rings. The summed E-state index contributed by atoms with van der Waals surface area (Å²) in [5.74, 6) is 0.202. The van der Waals surface area contributed by atoms with Gasteiger partial charge in [0.25, 0.3) is 0 Å². The highest BCUT2D eigenvalue weighted by atomic mass is 16.3. The van der Waals surface area contributed by atoms with E-state index < -0.39 is 0 Å². The number of nitrogens with zero attached hydrogens (tertiary/aromatic N) is 3. The Kier molecular flexibility index (Phi) is 5.39. The normalized spacial score (nSPS) is 11.3. The van der Waals surface area contributed by atoms with Gasteiger partial charge < -0.3 is 15.6 Å². The maximum absolute atomic E-state index is 10.4. The van der Waals surface area contributed by atoms with Crippen LogP contribution in [0.25, 0.3) is 22.5 Å². The summed E-state index contributed by atoms with van der Waals surface area (Å²) >= 11 is 0. The van der Waals surface area contributed by atoms with E-state index in [9.17, 15) is 10.2 Å². The summed E-state index contributed by atoms with van der Waals surface area (Å²) in [4.78, 5) is 9.47. The van der Waals surface area contributed by atoms with Crippen LogP contribution in [0.2, 0.25) is 0 Å². The first-order chi connectivity index (χ1) is 14.7. The Labute approximate surface area is 174 Å². The SMILES string of the molecule is CN/N=C(/c1nc(-c2ccccc2)cc(-c2ccccc2)n1)c1ccc(O)cc1O. The lowest BCUT2D eigenvalue weighted by atomic mass is 10.0. The van der Waals surface area contributed by atoms with Crippen molar-refractivity contribution in [1.82, 2.24) is 15.4 Å². The summed E-state index contributed by atoms with van der Waals surface area (Å²) in [5, 5.41) is 24.4. The molecule has 3 aromatic carbocycles. The first-order valence-electron chi connectivity index (χ1n) is 9.43. The molecule has 4 aromatic rings. The predicted octanol–water partition coefficient (Wildman–Crippen LogP) is 4.19. The lowest BCUT2D eigenvalue weighted by Crippen LogP contribution is -2.14. The van der Waals surface area contributed by atoms with Crippen LogP contribution in [0, 0.1) is 0 Å². The molecule has 0 spiro atoms. The zero-order valence-corrected chi connectivity index (χ0v) is 16.3. The molecule has 0 saturated heterocycles. The molecule has 0 amide bonds. The van der Waals surface area contributed by atoms with E-state index in [1.165, 1.54) is 12.1 Å². The number of aromatic nitrogens is 2. The van der Waals surface area contributed by atoms with Crippen LogP contribution in [0.3, 0.4) is 0 Å². The molecule has 3 N–H and O–H groups in total. The lowest BCUT2D eigenvalue weighted by Gasteiger charge is -2.12. The topological polar surface area (TPSA) is 90.6 Å². The molecule has 0 unspecified atom stereocenters. The van der Waals surface area contributed by atoms with E-state index in [0.29, 0.717) is 17.1 Å². The number of benzene rings is 3. The van der Waals surface area contributed by atoms with Gasteiger partial charge in [-0.15, -0.1) is 0 Å². The van der Waals surface area contributed by atoms with Crippen molar-refractivity contribution in [3.8, 4) is 34.0 Å². The fraction of sp³-hybridized carbons (Fsp3) is 0.0417. The summed E-state index contributed by atoms with van der Waals surface area (Å²) in [6.07, 6.45) is 0. The molecule has 1 aromatic heterocycles. The Balaban J connectivity index is 1.94. The van der Waals surface area contributed by atoms with E-state index in [1.807, 2.05) is 66.7 Å². The molecule has 0 aliphatic rings. The largest absolute Gasteiger partial charge is 0.508 e. The van der Waals surface area contributed by atoms with Crippen molar-refractivity contribution in [2.45, 2.75) is 0 Å². The first kappa shape index (κ1) is 19.1. The van der Waals surface area contributed by atoms with Gasteiger partial charge in [-0.25, -0.2) is 9.97 Å². The van der Waals surface area contributed by atoms with Crippen LogP contribution < -0.4 is 5.43 Å². The summed E-state index contributed by atoms with van der Waals surface area (Å²) < 4.78 is 0. The molecule has 0 aliphatic carbocycles. The zero-order valence-electron chi connectivity index (χ0n) is 16.3. The minimum absolute atomic E-state index is 0.0380. The van der Waals surface area contributed by atoms with Crippen molar-refractivity contribution < 1.29 is 10.2 Å². The molecule has 0 saturated carbocycles. The van der Waals surface area contributed by atoms with E-state index in [2.05, 4.69) is 10.5 Å². The molecule has 0 bridgehead atoms. The number of phenols is 2. The van der Waals surface area contributed by atoms with Crippen LogP contribution in [-0.2, 0) is 0 Å². The Bertz CT molecular complexity index is 1130. The molecular formula is C24H20N4O2. The van der Waals surface area contributed by atoms with Crippen LogP contribution >= 0.6 is 0 Å². The molecule has 30 heavy (non-hydrogen) atoms. The van der Waals surface area contributed by atoms with Crippen LogP contribution in [0.1, 0.15) is 11.4 Å². The van der Waals surface area contributed by atoms with Gasteiger partial charge in [-0.2, -0.15) is 5.10 Å². The number of hydrazone groups is 1. The van der Waals surface area contributed by atoms with Gasteiger partial charge in [0, 0.05) is 29.8 Å². The second kappa shape index (κ2) is 8.45. The van der Waals surface area contributed by atoms with Crippen molar-refractivity contribution in [2.24, 2.45) is 5.10 Å². The third kappa shape index (κ3) is 3.98. The van der Waals surface area contributed by atoms with Crippen LogP contribution in [0.15, 0.2) is 90.0 Å². The lowest BCUT2D eigenvalue weighted by molar-refractivity contribution is 0.450. The van der Waals surface area contributed by atoms with E-state index >= 15 is 0 Å². The van der Waals surface area contributed by atoms with E-state index in [4.69, 9.17) is 9.97 Å². The first-order valence-corrected chi connectivity index (χ1v) is 9.43. The highest BCUT2D eigenvalue weighted by molar-refractivity contribution is 6.12. The zero-order chi connectivity index (χ0) is 20.9. The number of nitrogens with one attached hydrogen (secondary N) is 1. The predicted molar refractivity (Wildman–Crippen MR) is 117 cm³/mol. The monoisotopic (exact) mass is 396 g/mol. The second-order valence-electron chi connectivity index (χ2n) is 6.58. The average Bonchev–Trinajstić information content (AvgIpc) is 2.79. The average molecular weight is 396 g/mol. The smallest absolute Gasteiger partial charge is 0.181 e. The van der Waals surface area contributed by atoms with E-state index in [0.717, 1.165) is 22.5 Å². The summed E-state index contributed by atoms with van der Waals surface area (Å²) in [6, 6.07) is 25.9. The fourth-order valence-electron chi connectivity index (χ4n) is 3.13. The van der Waals surface area contributed by atoms with Crippen LogP contribution in [-0.4, -0.2) is 32.9 Å². The molecule has 0 atom stereocenters. The van der Waals surface area contributed by atoms with Gasteiger partial charge in [0.1, 0.15) is 17.2 Å². The Hall–Kier alpha value is -4.19. The molecule has 0 aliphatic heterocycles. The fourth-order valence-corrected chi connectivity index (χ4v) is 3.13. The molecular weight excluding hydrogens is 376 g/mol. The van der Waals surface area contributed by atoms with Gasteiger partial charge in [0.05, 0.1) is 11.4 Å². The number of phenolic OH excluding ortho intramolecular Hbond substituents is 2. The van der Waals surface area contributed by atoms with E-state index in [-0.39, 0.29) is 11.5 Å². The maximum atomic E-state index is 10.4. The molecule has 4 rings (SSSR count). The second-order valence-corrected chi connectivity index (χ2v) is 6.58.